The Bertz CT molecular complexity index is 821. The Labute approximate surface area is 152 Å². The maximum Gasteiger partial charge on any atom is 0.207 e. The number of methoxy groups -OCH3 is 2. The van der Waals surface area contributed by atoms with Crippen molar-refractivity contribution in [3.05, 3.63) is 59.7 Å². The molecule has 0 saturated heterocycles. The molecule has 0 unspecified atom stereocenters. The van der Waals surface area contributed by atoms with Crippen molar-refractivity contribution < 1.29 is 24.4 Å². The molecule has 4 rings (SSSR count). The first-order valence-electron chi connectivity index (χ1n) is 8.40. The monoisotopic (exact) mass is 354 g/mol. The van der Waals surface area contributed by atoms with Crippen molar-refractivity contribution in [2.24, 2.45) is 0 Å². The van der Waals surface area contributed by atoms with Crippen LogP contribution < -0.4 is 14.2 Å². The van der Waals surface area contributed by atoms with Gasteiger partial charge in [0.1, 0.15) is 5.75 Å². The molecule has 2 aromatic rings. The van der Waals surface area contributed by atoms with E-state index in [-0.39, 0.29) is 11.5 Å². The van der Waals surface area contributed by atoms with Gasteiger partial charge in [-0.3, -0.25) is 0 Å². The molecule has 26 heavy (non-hydrogen) atoms. The van der Waals surface area contributed by atoms with E-state index in [4.69, 9.17) is 14.2 Å². The van der Waals surface area contributed by atoms with E-state index >= 15 is 0 Å². The van der Waals surface area contributed by atoms with Gasteiger partial charge in [-0.15, -0.1) is 0 Å². The summed E-state index contributed by atoms with van der Waals surface area (Å²) in [4.78, 5) is 0. The van der Waals surface area contributed by atoms with E-state index in [2.05, 4.69) is 0 Å². The molecule has 5 nitrogen and oxygen atoms in total. The normalized spacial score (nSPS) is 17.7. The molecular weight excluding hydrogens is 332 g/mol. The Hall–Kier alpha value is -2.92. The molecule has 136 valence electrons. The highest BCUT2D eigenvalue weighted by Gasteiger charge is 2.20. The van der Waals surface area contributed by atoms with E-state index in [0.717, 1.165) is 12.0 Å². The number of benzene rings is 2. The predicted molar refractivity (Wildman–Crippen MR) is 100 cm³/mol. The standard InChI is InChI=1S/C21H22O5/c1-24-20-15-5-3-4-6-16(22)10-7-14-8-11-17(12-9-14)26-18(13-15)21(25-2)19(20)23/h3-6,8-9,11-13,16,22-23H,7,10H2,1-2H3/b5-3?,6-4+/t16-/m0/s1. The number of aromatic hydroxyl groups is 1. The minimum absolute atomic E-state index is 0.128. The van der Waals surface area contributed by atoms with Crippen LogP contribution >= 0.6 is 0 Å². The molecule has 0 saturated carbocycles. The minimum Gasteiger partial charge on any atom is -0.502 e. The van der Waals surface area contributed by atoms with Crippen molar-refractivity contribution in [2.45, 2.75) is 18.9 Å². The second-order valence-corrected chi connectivity index (χ2v) is 5.98. The van der Waals surface area contributed by atoms with Crippen LogP contribution in [0.1, 0.15) is 17.5 Å². The van der Waals surface area contributed by atoms with Crippen LogP contribution in [-0.2, 0) is 6.42 Å². The Kier molecular flexibility index (Phi) is 5.49. The topological polar surface area (TPSA) is 68.2 Å². The molecule has 0 radical (unpaired) electrons. The smallest absolute Gasteiger partial charge is 0.207 e. The molecule has 0 aromatic heterocycles. The third kappa shape index (κ3) is 3.83. The van der Waals surface area contributed by atoms with Crippen LogP contribution in [0.15, 0.2) is 48.6 Å². The SMILES string of the molecule is COc1c2cc(c(OC)c1O)Oc1ccc(cc1)CC[C@@H](O)/C=C/C=C2. The Balaban J connectivity index is 2.12. The van der Waals surface area contributed by atoms with Crippen LogP contribution in [0.3, 0.4) is 0 Å². The predicted octanol–water partition coefficient (Wildman–Crippen LogP) is 4.08. The number of fused-ring (bicyclic) bond motifs is 6. The molecule has 2 aliphatic heterocycles. The molecule has 2 N–H and O–H groups in total. The van der Waals surface area contributed by atoms with Gasteiger partial charge in [-0.2, -0.15) is 0 Å². The van der Waals surface area contributed by atoms with E-state index in [1.165, 1.54) is 14.2 Å². The van der Waals surface area contributed by atoms with Crippen molar-refractivity contribution in [1.82, 2.24) is 0 Å². The van der Waals surface area contributed by atoms with Gasteiger partial charge < -0.3 is 24.4 Å². The third-order valence-corrected chi connectivity index (χ3v) is 4.21. The second kappa shape index (κ2) is 7.97. The van der Waals surface area contributed by atoms with E-state index < -0.39 is 6.10 Å². The lowest BCUT2D eigenvalue weighted by atomic mass is 10.1. The molecule has 4 bridgehead atoms. The van der Waals surface area contributed by atoms with Gasteiger partial charge in [-0.05, 0) is 36.6 Å². The van der Waals surface area contributed by atoms with Gasteiger partial charge in [0.15, 0.2) is 11.5 Å². The highest BCUT2D eigenvalue weighted by Crippen LogP contribution is 2.47. The molecule has 1 atom stereocenters. The number of phenolic OH excluding ortho intramolecular Hbond substituents is 1. The van der Waals surface area contributed by atoms with Gasteiger partial charge in [-0.25, -0.2) is 0 Å². The molecule has 0 fully saturated rings. The maximum absolute atomic E-state index is 10.5. The first kappa shape index (κ1) is 17.9. The first-order valence-corrected chi connectivity index (χ1v) is 8.40. The fourth-order valence-corrected chi connectivity index (χ4v) is 2.85. The molecule has 0 spiro atoms. The zero-order valence-electron chi connectivity index (χ0n) is 14.8. The van der Waals surface area contributed by atoms with Crippen molar-refractivity contribution in [3.63, 3.8) is 0 Å². The van der Waals surface area contributed by atoms with Crippen LogP contribution in [0.5, 0.6) is 28.7 Å². The van der Waals surface area contributed by atoms with E-state index in [0.29, 0.717) is 29.2 Å². The average Bonchev–Trinajstić information content (AvgIpc) is 2.65. The molecule has 2 aromatic carbocycles. The fourth-order valence-electron chi connectivity index (χ4n) is 2.85. The van der Waals surface area contributed by atoms with Gasteiger partial charge in [-0.1, -0.05) is 36.4 Å². The number of aryl methyl sites for hydroxylation is 1. The number of rotatable bonds is 2. The first-order chi connectivity index (χ1) is 12.6. The van der Waals surface area contributed by atoms with E-state index in [9.17, 15) is 10.2 Å². The van der Waals surface area contributed by atoms with Gasteiger partial charge in [0.25, 0.3) is 0 Å². The Morgan fingerprint density at radius 1 is 1.04 bits per heavy atom. The van der Waals surface area contributed by atoms with Crippen molar-refractivity contribution in [2.75, 3.05) is 14.2 Å². The number of phenols is 1. The highest BCUT2D eigenvalue weighted by atomic mass is 16.5. The third-order valence-electron chi connectivity index (χ3n) is 4.21. The van der Waals surface area contributed by atoms with Gasteiger partial charge in [0.05, 0.1) is 20.3 Å². The van der Waals surface area contributed by atoms with Gasteiger partial charge in [0, 0.05) is 5.56 Å². The van der Waals surface area contributed by atoms with Crippen LogP contribution in [0.25, 0.3) is 6.08 Å². The molecule has 2 heterocycles. The lowest BCUT2D eigenvalue weighted by molar-refractivity contribution is 0.213. The van der Waals surface area contributed by atoms with Crippen molar-refractivity contribution in [3.8, 4) is 28.7 Å². The number of aliphatic hydroxyl groups excluding tert-OH is 1. The minimum atomic E-state index is -0.526. The molecular formula is C21H22O5. The van der Waals surface area contributed by atoms with Crippen LogP contribution in [-0.4, -0.2) is 30.5 Å². The van der Waals surface area contributed by atoms with Crippen molar-refractivity contribution in [1.29, 1.82) is 0 Å². The summed E-state index contributed by atoms with van der Waals surface area (Å²) in [5.41, 5.74) is 1.74. The van der Waals surface area contributed by atoms with Gasteiger partial charge in [0.2, 0.25) is 11.5 Å². The molecule has 5 heteroatoms. The Morgan fingerprint density at radius 3 is 2.46 bits per heavy atom. The molecule has 0 aliphatic carbocycles. The van der Waals surface area contributed by atoms with Crippen molar-refractivity contribution >= 4 is 6.08 Å². The highest BCUT2D eigenvalue weighted by molar-refractivity contribution is 5.71. The summed E-state index contributed by atoms with van der Waals surface area (Å²) in [6, 6.07) is 9.37. The fraction of sp³-hybridized carbons (Fsp3) is 0.238. The number of ether oxygens (including phenoxy) is 3. The summed E-state index contributed by atoms with van der Waals surface area (Å²) in [7, 11) is 2.94. The Morgan fingerprint density at radius 2 is 1.77 bits per heavy atom. The quantitative estimate of drug-likeness (QED) is 0.851. The van der Waals surface area contributed by atoms with Crippen LogP contribution in [0, 0.1) is 0 Å². The summed E-state index contributed by atoms with van der Waals surface area (Å²) in [5, 5.41) is 20.6. The summed E-state index contributed by atoms with van der Waals surface area (Å²) in [5.74, 6) is 1.38. The van der Waals surface area contributed by atoms with Crippen LogP contribution in [0.2, 0.25) is 0 Å². The number of aliphatic hydroxyl groups is 1. The maximum atomic E-state index is 10.5. The number of hydrogen-bond donors (Lipinski definition) is 2. The number of allylic oxidation sites excluding steroid dienone is 2. The van der Waals surface area contributed by atoms with E-state index in [1.807, 2.05) is 24.3 Å². The summed E-state index contributed by atoms with van der Waals surface area (Å²) in [6.07, 6.45) is 7.93. The summed E-state index contributed by atoms with van der Waals surface area (Å²) >= 11 is 0. The van der Waals surface area contributed by atoms with Crippen LogP contribution in [0.4, 0.5) is 0 Å². The largest absolute Gasteiger partial charge is 0.502 e. The summed E-state index contributed by atoms with van der Waals surface area (Å²) in [6.45, 7) is 0. The van der Waals surface area contributed by atoms with E-state index in [1.54, 1.807) is 30.4 Å². The average molecular weight is 354 g/mol. The van der Waals surface area contributed by atoms with Gasteiger partial charge >= 0.3 is 0 Å². The lowest BCUT2D eigenvalue weighted by Crippen LogP contribution is -2.03. The number of hydrogen-bond acceptors (Lipinski definition) is 5. The second-order valence-electron chi connectivity index (χ2n) is 5.98. The lowest BCUT2D eigenvalue weighted by Gasteiger charge is -2.16. The zero-order valence-corrected chi connectivity index (χ0v) is 14.8. The zero-order chi connectivity index (χ0) is 18.5. The molecule has 0 amide bonds. The summed E-state index contributed by atoms with van der Waals surface area (Å²) < 4.78 is 16.6. The molecule has 2 aliphatic rings.